The second-order valence-electron chi connectivity index (χ2n) is 7.25. The Bertz CT molecular complexity index is 1420. The van der Waals surface area contributed by atoms with Gasteiger partial charge in [0, 0.05) is 16.8 Å². The molecule has 0 spiro atoms. The summed E-state index contributed by atoms with van der Waals surface area (Å²) in [7, 11) is 3.15. The van der Waals surface area contributed by atoms with Gasteiger partial charge >= 0.3 is 0 Å². The standard InChI is InChI=1S/C24H19N3O6S/c1-29-18-6-4-14(10-20(18)30-2)23-26-16-11-15(5-8-17(16)33-23)25-24(34)27-22(28)13-3-7-19-21(9-13)32-12-31-19/h3-11H,12H2,1-2H3,(H2,25,27,28,34). The molecule has 9 nitrogen and oxygen atoms in total. The summed E-state index contributed by atoms with van der Waals surface area (Å²) in [5.41, 5.74) is 3.02. The third-order valence-corrected chi connectivity index (χ3v) is 5.34. The van der Waals surface area contributed by atoms with Crippen LogP contribution in [0.15, 0.2) is 59.0 Å². The number of methoxy groups -OCH3 is 2. The molecule has 10 heteroatoms. The van der Waals surface area contributed by atoms with E-state index in [1.165, 1.54) is 0 Å². The number of carbonyl (C=O) groups excluding carboxylic acids is 1. The number of oxazole rings is 1. The molecule has 2 heterocycles. The van der Waals surface area contributed by atoms with Crippen molar-refractivity contribution in [3.63, 3.8) is 0 Å². The van der Waals surface area contributed by atoms with E-state index in [0.29, 0.717) is 51.2 Å². The van der Waals surface area contributed by atoms with E-state index in [-0.39, 0.29) is 17.8 Å². The van der Waals surface area contributed by atoms with Crippen molar-refractivity contribution in [1.82, 2.24) is 10.3 Å². The van der Waals surface area contributed by atoms with E-state index in [1.807, 2.05) is 6.07 Å². The van der Waals surface area contributed by atoms with E-state index in [1.54, 1.807) is 62.8 Å². The lowest BCUT2D eigenvalue weighted by Gasteiger charge is -2.09. The van der Waals surface area contributed by atoms with Crippen molar-refractivity contribution in [3.8, 4) is 34.5 Å². The van der Waals surface area contributed by atoms with Crippen LogP contribution in [0.2, 0.25) is 0 Å². The summed E-state index contributed by atoms with van der Waals surface area (Å²) in [5.74, 6) is 2.39. The van der Waals surface area contributed by atoms with Gasteiger partial charge in [0.2, 0.25) is 12.7 Å². The molecule has 0 atom stereocenters. The smallest absolute Gasteiger partial charge is 0.257 e. The fourth-order valence-electron chi connectivity index (χ4n) is 3.47. The van der Waals surface area contributed by atoms with Gasteiger partial charge in [-0.15, -0.1) is 0 Å². The van der Waals surface area contributed by atoms with Gasteiger partial charge in [0.25, 0.3) is 5.91 Å². The molecule has 0 unspecified atom stereocenters. The Hall–Kier alpha value is -4.31. The van der Waals surface area contributed by atoms with Crippen LogP contribution >= 0.6 is 12.2 Å². The first-order chi connectivity index (χ1) is 16.5. The van der Waals surface area contributed by atoms with Gasteiger partial charge < -0.3 is 28.7 Å². The zero-order valence-corrected chi connectivity index (χ0v) is 19.0. The zero-order valence-electron chi connectivity index (χ0n) is 18.2. The van der Waals surface area contributed by atoms with Gasteiger partial charge in [0.05, 0.1) is 14.2 Å². The average molecular weight is 477 g/mol. The molecule has 34 heavy (non-hydrogen) atoms. The molecule has 4 aromatic rings. The Morgan fingerprint density at radius 1 is 0.971 bits per heavy atom. The highest BCUT2D eigenvalue weighted by atomic mass is 32.1. The first kappa shape index (κ1) is 21.5. The van der Waals surface area contributed by atoms with Crippen LogP contribution in [-0.2, 0) is 0 Å². The molecular weight excluding hydrogens is 458 g/mol. The second-order valence-corrected chi connectivity index (χ2v) is 7.66. The fraction of sp³-hybridized carbons (Fsp3) is 0.125. The van der Waals surface area contributed by atoms with Crippen LogP contribution in [0, 0.1) is 0 Å². The van der Waals surface area contributed by atoms with Crippen molar-refractivity contribution < 1.29 is 28.2 Å². The Morgan fingerprint density at radius 3 is 2.62 bits per heavy atom. The van der Waals surface area contributed by atoms with Gasteiger partial charge in [0.1, 0.15) is 5.52 Å². The number of aromatic nitrogens is 1. The van der Waals surface area contributed by atoms with Crippen LogP contribution in [0.25, 0.3) is 22.6 Å². The number of anilines is 1. The van der Waals surface area contributed by atoms with Gasteiger partial charge in [-0.2, -0.15) is 0 Å². The SMILES string of the molecule is COc1ccc(-c2nc3cc(NC(=S)NC(=O)c4ccc5c(c4)OCO5)ccc3o2)cc1OC. The molecule has 1 aliphatic heterocycles. The number of rotatable bonds is 5. The Kier molecular flexibility index (Phi) is 5.64. The first-order valence-corrected chi connectivity index (χ1v) is 10.6. The molecule has 5 rings (SSSR count). The topological polar surface area (TPSA) is 104 Å². The van der Waals surface area contributed by atoms with Crippen molar-refractivity contribution in [3.05, 3.63) is 60.2 Å². The third kappa shape index (κ3) is 4.18. The average Bonchev–Trinajstić information content (AvgIpc) is 3.49. The lowest BCUT2D eigenvalue weighted by molar-refractivity contribution is 0.0977. The molecule has 1 aliphatic rings. The summed E-state index contributed by atoms with van der Waals surface area (Å²) in [4.78, 5) is 17.1. The second kappa shape index (κ2) is 8.91. The normalized spacial score (nSPS) is 11.8. The summed E-state index contributed by atoms with van der Waals surface area (Å²) in [6.07, 6.45) is 0. The Morgan fingerprint density at radius 2 is 1.79 bits per heavy atom. The molecule has 0 saturated carbocycles. The van der Waals surface area contributed by atoms with Crippen LogP contribution in [0.1, 0.15) is 10.4 Å². The van der Waals surface area contributed by atoms with E-state index >= 15 is 0 Å². The summed E-state index contributed by atoms with van der Waals surface area (Å²) in [5, 5.41) is 5.79. The van der Waals surface area contributed by atoms with Gasteiger partial charge in [-0.25, -0.2) is 4.98 Å². The quantitative estimate of drug-likeness (QED) is 0.406. The minimum absolute atomic E-state index is 0.138. The van der Waals surface area contributed by atoms with Gasteiger partial charge in [-0.3, -0.25) is 10.1 Å². The van der Waals surface area contributed by atoms with Crippen LogP contribution in [0.3, 0.4) is 0 Å². The number of thiocarbonyl (C=S) groups is 1. The molecule has 1 aromatic heterocycles. The van der Waals surface area contributed by atoms with Gasteiger partial charge in [-0.1, -0.05) is 0 Å². The lowest BCUT2D eigenvalue weighted by Crippen LogP contribution is -2.34. The third-order valence-electron chi connectivity index (χ3n) is 5.14. The van der Waals surface area contributed by atoms with Crippen LogP contribution in [-0.4, -0.2) is 37.0 Å². The molecule has 0 bridgehead atoms. The molecule has 2 N–H and O–H groups in total. The van der Waals surface area contributed by atoms with Crippen LogP contribution in [0.5, 0.6) is 23.0 Å². The Labute approximate surface area is 199 Å². The summed E-state index contributed by atoms with van der Waals surface area (Å²) in [6, 6.07) is 15.7. The van der Waals surface area contributed by atoms with Crippen LogP contribution in [0.4, 0.5) is 5.69 Å². The summed E-state index contributed by atoms with van der Waals surface area (Å²) in [6.45, 7) is 0.138. The number of fused-ring (bicyclic) bond motifs is 2. The number of nitrogens with zero attached hydrogens (tertiary/aromatic N) is 1. The maximum atomic E-state index is 12.5. The van der Waals surface area contributed by atoms with Gasteiger partial charge in [-0.05, 0) is 66.8 Å². The largest absolute Gasteiger partial charge is 0.493 e. The van der Waals surface area contributed by atoms with E-state index in [0.717, 1.165) is 5.56 Å². The maximum Gasteiger partial charge on any atom is 0.257 e. The van der Waals surface area contributed by atoms with E-state index in [4.69, 9.17) is 35.6 Å². The molecule has 172 valence electrons. The van der Waals surface area contributed by atoms with Crippen LogP contribution < -0.4 is 29.6 Å². The monoisotopic (exact) mass is 477 g/mol. The van der Waals surface area contributed by atoms with E-state index < -0.39 is 0 Å². The molecule has 0 radical (unpaired) electrons. The highest BCUT2D eigenvalue weighted by molar-refractivity contribution is 7.80. The van der Waals surface area contributed by atoms with Crippen molar-refractivity contribution in [2.24, 2.45) is 0 Å². The van der Waals surface area contributed by atoms with Crippen molar-refractivity contribution in [1.29, 1.82) is 0 Å². The predicted octanol–water partition coefficient (Wildman–Crippen LogP) is 4.37. The number of hydrogen-bond donors (Lipinski definition) is 2. The predicted molar refractivity (Wildman–Crippen MR) is 129 cm³/mol. The molecule has 0 aliphatic carbocycles. The maximum absolute atomic E-state index is 12.5. The number of amides is 1. The van der Waals surface area contributed by atoms with E-state index in [9.17, 15) is 4.79 Å². The molecule has 3 aromatic carbocycles. The first-order valence-electron chi connectivity index (χ1n) is 10.2. The highest BCUT2D eigenvalue weighted by Gasteiger charge is 2.17. The number of benzene rings is 3. The Balaban J connectivity index is 1.30. The number of nitrogens with one attached hydrogen (secondary N) is 2. The summed E-state index contributed by atoms with van der Waals surface area (Å²) >= 11 is 5.30. The van der Waals surface area contributed by atoms with Crippen molar-refractivity contribution in [2.45, 2.75) is 0 Å². The minimum Gasteiger partial charge on any atom is -0.493 e. The molecule has 0 fully saturated rings. The number of hydrogen-bond acceptors (Lipinski definition) is 8. The van der Waals surface area contributed by atoms with Crippen molar-refractivity contribution in [2.75, 3.05) is 26.3 Å². The zero-order chi connectivity index (χ0) is 23.7. The molecular formula is C24H19N3O6S. The molecule has 1 amide bonds. The minimum atomic E-state index is -0.367. The van der Waals surface area contributed by atoms with Gasteiger partial charge in [0.15, 0.2) is 33.7 Å². The molecule has 0 saturated heterocycles. The number of ether oxygens (including phenoxy) is 4. The lowest BCUT2D eigenvalue weighted by atomic mass is 10.2. The fourth-order valence-corrected chi connectivity index (χ4v) is 3.68. The number of carbonyl (C=O) groups is 1. The van der Waals surface area contributed by atoms with E-state index in [2.05, 4.69) is 15.6 Å². The van der Waals surface area contributed by atoms with Crippen molar-refractivity contribution >= 4 is 40.0 Å². The summed E-state index contributed by atoms with van der Waals surface area (Å²) < 4.78 is 27.1. The highest BCUT2D eigenvalue weighted by Crippen LogP contribution is 2.34.